The van der Waals surface area contributed by atoms with Crippen molar-refractivity contribution in [1.82, 2.24) is 4.90 Å². The van der Waals surface area contributed by atoms with E-state index in [4.69, 9.17) is 0 Å². The van der Waals surface area contributed by atoms with Gasteiger partial charge >= 0.3 is 0 Å². The lowest BCUT2D eigenvalue weighted by atomic mass is 9.91. The van der Waals surface area contributed by atoms with Gasteiger partial charge in [-0.25, -0.2) is 0 Å². The minimum atomic E-state index is 0.525. The normalized spacial score (nSPS) is 18.5. The molecule has 0 unspecified atom stereocenters. The van der Waals surface area contributed by atoms with E-state index in [0.717, 1.165) is 0 Å². The van der Waals surface area contributed by atoms with Gasteiger partial charge in [0.25, 0.3) is 0 Å². The molecule has 0 aromatic heterocycles. The van der Waals surface area contributed by atoms with Gasteiger partial charge in [0.15, 0.2) is 0 Å². The average molecular weight is 276 g/mol. The summed E-state index contributed by atoms with van der Waals surface area (Å²) >= 11 is 0. The third-order valence-electron chi connectivity index (χ3n) is 3.40. The molecule has 3 heteroatoms. The SMILES string of the molecule is CCCC(C)(C)CSSCCN1CCCCC1. The molecule has 1 heterocycles. The Kier molecular flexibility index (Phi) is 8.05. The minimum absolute atomic E-state index is 0.525. The monoisotopic (exact) mass is 275 g/mol. The first kappa shape index (κ1) is 15.7. The number of hydrogen-bond donors (Lipinski definition) is 0. The van der Waals surface area contributed by atoms with Gasteiger partial charge < -0.3 is 4.90 Å². The molecule has 1 nitrogen and oxygen atoms in total. The van der Waals surface area contributed by atoms with Crippen LogP contribution in [0.2, 0.25) is 0 Å². The largest absolute Gasteiger partial charge is 0.302 e. The van der Waals surface area contributed by atoms with E-state index >= 15 is 0 Å². The van der Waals surface area contributed by atoms with Gasteiger partial charge in [0, 0.05) is 18.1 Å². The van der Waals surface area contributed by atoms with Gasteiger partial charge in [-0.05, 0) is 37.8 Å². The van der Waals surface area contributed by atoms with Crippen LogP contribution in [0.5, 0.6) is 0 Å². The Hall–Kier alpha value is 0.660. The van der Waals surface area contributed by atoms with Crippen LogP contribution >= 0.6 is 21.6 Å². The fourth-order valence-corrected chi connectivity index (χ4v) is 5.14. The molecular formula is C14H29NS2. The summed E-state index contributed by atoms with van der Waals surface area (Å²) in [4.78, 5) is 2.63. The quantitative estimate of drug-likeness (QED) is 0.468. The molecule has 0 amide bonds. The highest BCUT2D eigenvalue weighted by molar-refractivity contribution is 8.76. The summed E-state index contributed by atoms with van der Waals surface area (Å²) < 4.78 is 0. The van der Waals surface area contributed by atoms with Crippen LogP contribution in [0.25, 0.3) is 0 Å². The maximum Gasteiger partial charge on any atom is 0.0165 e. The number of piperidine rings is 1. The highest BCUT2D eigenvalue weighted by atomic mass is 33.1. The Morgan fingerprint density at radius 1 is 1.06 bits per heavy atom. The van der Waals surface area contributed by atoms with E-state index in [0.29, 0.717) is 5.41 Å². The fraction of sp³-hybridized carbons (Fsp3) is 1.00. The van der Waals surface area contributed by atoms with Crippen molar-refractivity contribution in [2.75, 3.05) is 31.1 Å². The topological polar surface area (TPSA) is 3.24 Å². The van der Waals surface area contributed by atoms with Crippen molar-refractivity contribution in [2.24, 2.45) is 5.41 Å². The summed E-state index contributed by atoms with van der Waals surface area (Å²) in [6.45, 7) is 11.1. The van der Waals surface area contributed by atoms with Crippen molar-refractivity contribution in [3.63, 3.8) is 0 Å². The maximum absolute atomic E-state index is 2.63. The van der Waals surface area contributed by atoms with Gasteiger partial charge in [-0.1, -0.05) is 55.2 Å². The van der Waals surface area contributed by atoms with Gasteiger partial charge in [-0.3, -0.25) is 0 Å². The van der Waals surface area contributed by atoms with Crippen molar-refractivity contribution in [2.45, 2.75) is 52.9 Å². The van der Waals surface area contributed by atoms with Crippen molar-refractivity contribution in [3.05, 3.63) is 0 Å². The number of rotatable bonds is 8. The van der Waals surface area contributed by atoms with Crippen LogP contribution in [0.15, 0.2) is 0 Å². The molecule has 0 atom stereocenters. The second-order valence-corrected chi connectivity index (χ2v) is 8.48. The molecule has 0 N–H and O–H groups in total. The fourth-order valence-electron chi connectivity index (χ4n) is 2.36. The molecular weight excluding hydrogens is 246 g/mol. The van der Waals surface area contributed by atoms with Crippen molar-refractivity contribution < 1.29 is 0 Å². The molecule has 1 aliphatic heterocycles. The molecule has 0 aliphatic carbocycles. The average Bonchev–Trinajstić information content (AvgIpc) is 2.30. The van der Waals surface area contributed by atoms with E-state index in [1.807, 2.05) is 0 Å². The molecule has 1 aliphatic rings. The summed E-state index contributed by atoms with van der Waals surface area (Å²) in [7, 11) is 4.15. The highest BCUT2D eigenvalue weighted by Gasteiger charge is 2.16. The second kappa shape index (κ2) is 8.71. The molecule has 1 fully saturated rings. The van der Waals surface area contributed by atoms with Gasteiger partial charge in [0.05, 0.1) is 0 Å². The number of nitrogens with zero attached hydrogens (tertiary/aromatic N) is 1. The van der Waals surface area contributed by atoms with Crippen LogP contribution in [-0.2, 0) is 0 Å². The van der Waals surface area contributed by atoms with Gasteiger partial charge in [-0.15, -0.1) is 0 Å². The Balaban J connectivity index is 1.96. The molecule has 1 rings (SSSR count). The van der Waals surface area contributed by atoms with Crippen LogP contribution in [0.4, 0.5) is 0 Å². The highest BCUT2D eigenvalue weighted by Crippen LogP contribution is 2.33. The first-order valence-electron chi connectivity index (χ1n) is 7.11. The molecule has 0 aromatic rings. The zero-order valence-electron chi connectivity index (χ0n) is 11.8. The smallest absolute Gasteiger partial charge is 0.0165 e. The van der Waals surface area contributed by atoms with E-state index < -0.39 is 0 Å². The van der Waals surface area contributed by atoms with Gasteiger partial charge in [0.2, 0.25) is 0 Å². The summed E-state index contributed by atoms with van der Waals surface area (Å²) in [5.41, 5.74) is 0.525. The Morgan fingerprint density at radius 3 is 2.41 bits per heavy atom. The molecule has 17 heavy (non-hydrogen) atoms. The molecule has 1 saturated heterocycles. The standard InChI is InChI=1S/C14H29NS2/c1-4-8-14(2,3)13-17-16-12-11-15-9-6-5-7-10-15/h4-13H2,1-3H3. The predicted molar refractivity (Wildman–Crippen MR) is 83.9 cm³/mol. The summed E-state index contributed by atoms with van der Waals surface area (Å²) in [5.74, 6) is 2.60. The van der Waals surface area contributed by atoms with Crippen LogP contribution in [0.1, 0.15) is 52.9 Å². The first-order chi connectivity index (χ1) is 8.14. The number of hydrogen-bond acceptors (Lipinski definition) is 3. The van der Waals surface area contributed by atoms with Crippen molar-refractivity contribution in [1.29, 1.82) is 0 Å². The van der Waals surface area contributed by atoms with E-state index in [9.17, 15) is 0 Å². The minimum Gasteiger partial charge on any atom is -0.302 e. The zero-order valence-corrected chi connectivity index (χ0v) is 13.5. The summed E-state index contributed by atoms with van der Waals surface area (Å²) in [5, 5.41) is 0. The first-order valence-corrected chi connectivity index (χ1v) is 9.59. The lowest BCUT2D eigenvalue weighted by molar-refractivity contribution is 0.242. The molecule has 0 aromatic carbocycles. The van der Waals surface area contributed by atoms with E-state index in [1.165, 1.54) is 63.2 Å². The lowest BCUT2D eigenvalue weighted by Gasteiger charge is -2.26. The Bertz CT molecular complexity index is 189. The Morgan fingerprint density at radius 2 is 1.76 bits per heavy atom. The molecule has 0 spiro atoms. The Labute approximate surface area is 116 Å². The predicted octanol–water partition coefficient (Wildman–Crippen LogP) is 4.68. The number of likely N-dealkylation sites (tertiary alicyclic amines) is 1. The van der Waals surface area contributed by atoms with E-state index in [-0.39, 0.29) is 0 Å². The van der Waals surface area contributed by atoms with Crippen LogP contribution < -0.4 is 0 Å². The van der Waals surface area contributed by atoms with Crippen LogP contribution in [-0.4, -0.2) is 36.0 Å². The summed E-state index contributed by atoms with van der Waals surface area (Å²) in [6.07, 6.45) is 6.95. The van der Waals surface area contributed by atoms with Gasteiger partial charge in [0.1, 0.15) is 0 Å². The van der Waals surface area contributed by atoms with E-state index in [1.54, 1.807) is 0 Å². The molecule has 102 valence electrons. The van der Waals surface area contributed by atoms with E-state index in [2.05, 4.69) is 47.3 Å². The molecule has 0 saturated carbocycles. The molecule has 0 bridgehead atoms. The zero-order chi connectivity index (χ0) is 12.6. The second-order valence-electron chi connectivity index (χ2n) is 5.90. The van der Waals surface area contributed by atoms with Crippen molar-refractivity contribution >= 4 is 21.6 Å². The third-order valence-corrected chi connectivity index (χ3v) is 6.17. The lowest BCUT2D eigenvalue weighted by Crippen LogP contribution is -2.31. The van der Waals surface area contributed by atoms with Crippen LogP contribution in [0.3, 0.4) is 0 Å². The maximum atomic E-state index is 2.63. The van der Waals surface area contributed by atoms with Gasteiger partial charge in [-0.2, -0.15) is 0 Å². The van der Waals surface area contributed by atoms with Crippen molar-refractivity contribution in [3.8, 4) is 0 Å². The molecule has 0 radical (unpaired) electrons. The third kappa shape index (κ3) is 7.63. The summed E-state index contributed by atoms with van der Waals surface area (Å²) in [6, 6.07) is 0. The van der Waals surface area contributed by atoms with Crippen LogP contribution in [0, 0.1) is 5.41 Å².